The van der Waals surface area contributed by atoms with Gasteiger partial charge in [-0.25, -0.2) is 0 Å². The minimum Gasteiger partial charge on any atom is -0.392 e. The van der Waals surface area contributed by atoms with E-state index in [-0.39, 0.29) is 6.61 Å². The van der Waals surface area contributed by atoms with E-state index in [0.717, 1.165) is 22.2 Å². The number of aromatic nitrogens is 2. The van der Waals surface area contributed by atoms with Crippen molar-refractivity contribution in [2.75, 3.05) is 0 Å². The molecule has 2 aromatic rings. The van der Waals surface area contributed by atoms with Crippen molar-refractivity contribution in [2.45, 2.75) is 13.5 Å². The van der Waals surface area contributed by atoms with Gasteiger partial charge in [0.15, 0.2) is 0 Å². The van der Waals surface area contributed by atoms with Gasteiger partial charge in [-0.3, -0.25) is 0 Å². The molecule has 0 saturated carbocycles. The van der Waals surface area contributed by atoms with Crippen LogP contribution in [0.3, 0.4) is 0 Å². The average molecular weight is 180 g/mol. The lowest BCUT2D eigenvalue weighted by molar-refractivity contribution is 0.282. The number of aryl methyl sites for hydroxylation is 1. The summed E-state index contributed by atoms with van der Waals surface area (Å²) in [4.78, 5) is 0. The fraction of sp³-hybridized carbons (Fsp3) is 0.250. The van der Waals surface area contributed by atoms with Crippen molar-refractivity contribution in [3.05, 3.63) is 23.3 Å². The molecule has 0 aliphatic rings. The zero-order chi connectivity index (χ0) is 8.55. The molecule has 4 heteroatoms. The van der Waals surface area contributed by atoms with Crippen LogP contribution in [-0.2, 0) is 6.61 Å². The van der Waals surface area contributed by atoms with Crippen LogP contribution >= 0.6 is 11.7 Å². The Morgan fingerprint density at radius 2 is 2.25 bits per heavy atom. The normalized spacial score (nSPS) is 10.8. The molecule has 0 spiro atoms. The number of aliphatic hydroxyl groups excluding tert-OH is 1. The van der Waals surface area contributed by atoms with Gasteiger partial charge in [-0.05, 0) is 18.6 Å². The fourth-order valence-corrected chi connectivity index (χ4v) is 1.77. The Morgan fingerprint density at radius 1 is 1.42 bits per heavy atom. The molecule has 0 amide bonds. The summed E-state index contributed by atoms with van der Waals surface area (Å²) >= 11 is 1.18. The molecule has 12 heavy (non-hydrogen) atoms. The Labute approximate surface area is 74.0 Å². The Balaban J connectivity index is 2.83. The van der Waals surface area contributed by atoms with Crippen LogP contribution < -0.4 is 0 Å². The van der Waals surface area contributed by atoms with Crippen LogP contribution in [0.25, 0.3) is 11.0 Å². The molecule has 3 nitrogen and oxygen atoms in total. The smallest absolute Gasteiger partial charge is 0.110 e. The number of fused-ring (bicyclic) bond motifs is 1. The third-order valence-electron chi connectivity index (χ3n) is 1.93. The van der Waals surface area contributed by atoms with E-state index >= 15 is 0 Å². The van der Waals surface area contributed by atoms with Crippen molar-refractivity contribution in [1.82, 2.24) is 8.75 Å². The molecule has 0 unspecified atom stereocenters. The van der Waals surface area contributed by atoms with Crippen LogP contribution in [0.1, 0.15) is 11.1 Å². The predicted octanol–water partition coefficient (Wildman–Crippen LogP) is 1.49. The van der Waals surface area contributed by atoms with Crippen molar-refractivity contribution in [3.8, 4) is 0 Å². The Hall–Kier alpha value is -1.00. The third-order valence-corrected chi connectivity index (χ3v) is 2.47. The van der Waals surface area contributed by atoms with Crippen molar-refractivity contribution >= 4 is 22.8 Å². The van der Waals surface area contributed by atoms with Gasteiger partial charge in [0.1, 0.15) is 11.0 Å². The van der Waals surface area contributed by atoms with Crippen LogP contribution in [0.2, 0.25) is 0 Å². The maximum Gasteiger partial charge on any atom is 0.110 e. The number of benzene rings is 1. The molecule has 0 aliphatic carbocycles. The van der Waals surface area contributed by atoms with E-state index in [1.54, 1.807) is 0 Å². The minimum atomic E-state index is 0.0363. The van der Waals surface area contributed by atoms with E-state index in [9.17, 15) is 0 Å². The molecule has 0 aliphatic heterocycles. The number of aliphatic hydroxyl groups is 1. The quantitative estimate of drug-likeness (QED) is 0.723. The molecular formula is C8H8N2OS. The number of hydrogen-bond acceptors (Lipinski definition) is 4. The molecule has 0 fully saturated rings. The Kier molecular flexibility index (Phi) is 1.78. The van der Waals surface area contributed by atoms with Crippen molar-refractivity contribution in [1.29, 1.82) is 0 Å². The number of hydrogen-bond donors (Lipinski definition) is 1. The summed E-state index contributed by atoms with van der Waals surface area (Å²) in [6.45, 7) is 2.00. The van der Waals surface area contributed by atoms with Crippen LogP contribution in [0, 0.1) is 6.92 Å². The summed E-state index contributed by atoms with van der Waals surface area (Å²) in [7, 11) is 0. The van der Waals surface area contributed by atoms with E-state index in [4.69, 9.17) is 5.11 Å². The molecule has 0 bridgehead atoms. The van der Waals surface area contributed by atoms with Crippen molar-refractivity contribution in [3.63, 3.8) is 0 Å². The van der Waals surface area contributed by atoms with E-state index in [1.165, 1.54) is 11.7 Å². The standard InChI is InChI=1S/C8H8N2OS/c1-5-2-3-7-8(6(5)4-11)10-12-9-7/h2-3,11H,4H2,1H3. The highest BCUT2D eigenvalue weighted by atomic mass is 32.1. The maximum absolute atomic E-state index is 9.07. The third kappa shape index (κ3) is 1.00. The van der Waals surface area contributed by atoms with Crippen LogP contribution in [0.15, 0.2) is 12.1 Å². The lowest BCUT2D eigenvalue weighted by Gasteiger charge is -2.00. The summed E-state index contributed by atoms with van der Waals surface area (Å²) in [6, 6.07) is 3.88. The summed E-state index contributed by atoms with van der Waals surface area (Å²) < 4.78 is 8.21. The molecule has 2 rings (SSSR count). The zero-order valence-electron chi connectivity index (χ0n) is 6.61. The first kappa shape index (κ1) is 7.64. The number of rotatable bonds is 1. The van der Waals surface area contributed by atoms with Gasteiger partial charge in [0, 0.05) is 5.56 Å². The second-order valence-electron chi connectivity index (χ2n) is 2.65. The van der Waals surface area contributed by atoms with Gasteiger partial charge in [0.2, 0.25) is 0 Å². The minimum absolute atomic E-state index is 0.0363. The van der Waals surface area contributed by atoms with Crippen LogP contribution in [0.4, 0.5) is 0 Å². The number of nitrogens with zero attached hydrogens (tertiary/aromatic N) is 2. The highest BCUT2D eigenvalue weighted by molar-refractivity contribution is 7.00. The topological polar surface area (TPSA) is 46.0 Å². The lowest BCUT2D eigenvalue weighted by Crippen LogP contribution is -1.89. The molecule has 1 N–H and O–H groups in total. The van der Waals surface area contributed by atoms with Gasteiger partial charge in [-0.1, -0.05) is 6.07 Å². The second kappa shape index (κ2) is 2.80. The monoisotopic (exact) mass is 180 g/mol. The van der Waals surface area contributed by atoms with E-state index < -0.39 is 0 Å². The molecule has 0 radical (unpaired) electrons. The van der Waals surface area contributed by atoms with Gasteiger partial charge >= 0.3 is 0 Å². The first-order valence-electron chi connectivity index (χ1n) is 3.64. The maximum atomic E-state index is 9.07. The molecule has 0 saturated heterocycles. The largest absolute Gasteiger partial charge is 0.392 e. The van der Waals surface area contributed by atoms with E-state index in [2.05, 4.69) is 8.75 Å². The highest BCUT2D eigenvalue weighted by Gasteiger charge is 2.06. The SMILES string of the molecule is Cc1ccc2nsnc2c1CO. The second-order valence-corrected chi connectivity index (χ2v) is 3.18. The highest BCUT2D eigenvalue weighted by Crippen LogP contribution is 2.19. The Morgan fingerprint density at radius 3 is 3.00 bits per heavy atom. The molecule has 0 atom stereocenters. The first-order valence-corrected chi connectivity index (χ1v) is 4.37. The summed E-state index contributed by atoms with van der Waals surface area (Å²) in [5.74, 6) is 0. The van der Waals surface area contributed by atoms with Crippen LogP contribution in [0.5, 0.6) is 0 Å². The zero-order valence-corrected chi connectivity index (χ0v) is 7.43. The van der Waals surface area contributed by atoms with Gasteiger partial charge in [0.05, 0.1) is 18.3 Å². The predicted molar refractivity (Wildman–Crippen MR) is 48.1 cm³/mol. The summed E-state index contributed by atoms with van der Waals surface area (Å²) in [6.07, 6.45) is 0. The molecular weight excluding hydrogens is 172 g/mol. The Bertz CT molecular complexity index is 410. The van der Waals surface area contributed by atoms with Gasteiger partial charge < -0.3 is 5.11 Å². The van der Waals surface area contributed by atoms with Crippen LogP contribution in [-0.4, -0.2) is 13.9 Å². The lowest BCUT2D eigenvalue weighted by atomic mass is 10.1. The average Bonchev–Trinajstić information content (AvgIpc) is 2.52. The van der Waals surface area contributed by atoms with Crippen molar-refractivity contribution < 1.29 is 5.11 Å². The first-order chi connectivity index (χ1) is 5.83. The van der Waals surface area contributed by atoms with Gasteiger partial charge in [-0.2, -0.15) is 8.75 Å². The molecule has 62 valence electrons. The molecule has 1 aromatic heterocycles. The van der Waals surface area contributed by atoms with Crippen molar-refractivity contribution in [2.24, 2.45) is 0 Å². The summed E-state index contributed by atoms with van der Waals surface area (Å²) in [5, 5.41) is 9.07. The summed E-state index contributed by atoms with van der Waals surface area (Å²) in [5.41, 5.74) is 3.66. The fourth-order valence-electron chi connectivity index (χ4n) is 1.21. The molecule has 1 heterocycles. The van der Waals surface area contributed by atoms with E-state index in [0.29, 0.717) is 0 Å². The van der Waals surface area contributed by atoms with Gasteiger partial charge in [-0.15, -0.1) is 0 Å². The van der Waals surface area contributed by atoms with Gasteiger partial charge in [0.25, 0.3) is 0 Å². The molecule has 1 aromatic carbocycles. The van der Waals surface area contributed by atoms with E-state index in [1.807, 2.05) is 19.1 Å².